The molecule has 0 saturated heterocycles. The zero-order valence-corrected chi connectivity index (χ0v) is 10.6. The number of rotatable bonds is 3. The molecule has 0 fully saturated rings. The van der Waals surface area contributed by atoms with Crippen molar-refractivity contribution in [2.75, 3.05) is 11.1 Å². The molecule has 19 heavy (non-hydrogen) atoms. The number of non-ortho nitro benzene ring substituents is 1. The Morgan fingerprint density at radius 1 is 1.47 bits per heavy atom. The number of nitrogen functional groups attached to an aromatic ring is 1. The van der Waals surface area contributed by atoms with Crippen molar-refractivity contribution in [3.63, 3.8) is 0 Å². The Labute approximate surface area is 111 Å². The molecular weight excluding hydrogens is 270 g/mol. The van der Waals surface area contributed by atoms with Crippen LogP contribution in [0.15, 0.2) is 18.2 Å². The van der Waals surface area contributed by atoms with Gasteiger partial charge in [-0.1, -0.05) is 11.3 Å². The first-order valence-corrected chi connectivity index (χ1v) is 5.94. The number of nitro groups is 1. The first kappa shape index (κ1) is 12.9. The fraction of sp³-hybridized carbons (Fsp3) is 0.100. The zero-order chi connectivity index (χ0) is 14.0. The van der Waals surface area contributed by atoms with Crippen LogP contribution >= 0.6 is 11.3 Å². The highest BCUT2D eigenvalue weighted by Crippen LogP contribution is 2.21. The normalized spacial score (nSPS) is 10.2. The number of nitro benzene ring substituents is 1. The Morgan fingerprint density at radius 3 is 2.79 bits per heavy atom. The Balaban J connectivity index is 2.27. The molecule has 0 bridgehead atoms. The van der Waals surface area contributed by atoms with Gasteiger partial charge in [-0.2, -0.15) is 0 Å². The Kier molecular flexibility index (Phi) is 3.38. The monoisotopic (exact) mass is 279 g/mol. The molecule has 0 atom stereocenters. The van der Waals surface area contributed by atoms with Crippen LogP contribution in [0.5, 0.6) is 0 Å². The third-order valence-corrected chi connectivity index (χ3v) is 2.99. The summed E-state index contributed by atoms with van der Waals surface area (Å²) in [6, 6.07) is 3.68. The summed E-state index contributed by atoms with van der Waals surface area (Å²) in [6.45, 7) is 1.75. The molecule has 8 nitrogen and oxygen atoms in total. The molecule has 0 saturated carbocycles. The van der Waals surface area contributed by atoms with Gasteiger partial charge in [0.05, 0.1) is 10.5 Å². The number of carbonyl (C=O) groups excluding carboxylic acids is 1. The van der Waals surface area contributed by atoms with Crippen molar-refractivity contribution in [1.82, 2.24) is 10.2 Å². The van der Waals surface area contributed by atoms with Crippen LogP contribution in [0.3, 0.4) is 0 Å². The van der Waals surface area contributed by atoms with Crippen molar-refractivity contribution < 1.29 is 9.72 Å². The van der Waals surface area contributed by atoms with E-state index < -0.39 is 10.8 Å². The summed E-state index contributed by atoms with van der Waals surface area (Å²) in [7, 11) is 0. The van der Waals surface area contributed by atoms with Crippen LogP contribution in [0, 0.1) is 17.0 Å². The number of carbonyl (C=O) groups is 1. The molecule has 1 aromatic carbocycles. The first-order valence-electron chi connectivity index (χ1n) is 5.13. The summed E-state index contributed by atoms with van der Waals surface area (Å²) < 4.78 is 0. The number of aryl methyl sites for hydroxylation is 1. The van der Waals surface area contributed by atoms with E-state index in [9.17, 15) is 14.9 Å². The predicted octanol–water partition coefficient (Wildman–Crippen LogP) is 1.59. The van der Waals surface area contributed by atoms with Gasteiger partial charge in [-0.3, -0.25) is 20.2 Å². The van der Waals surface area contributed by atoms with Gasteiger partial charge in [0.2, 0.25) is 5.13 Å². The van der Waals surface area contributed by atoms with Gasteiger partial charge in [0.1, 0.15) is 5.01 Å². The van der Waals surface area contributed by atoms with Crippen LogP contribution in [-0.4, -0.2) is 21.0 Å². The van der Waals surface area contributed by atoms with Crippen LogP contribution in [-0.2, 0) is 0 Å². The van der Waals surface area contributed by atoms with E-state index in [0.29, 0.717) is 10.1 Å². The quantitative estimate of drug-likeness (QED) is 0.499. The maximum Gasteiger partial charge on any atom is 0.270 e. The summed E-state index contributed by atoms with van der Waals surface area (Å²) >= 11 is 1.20. The molecule has 2 rings (SSSR count). The molecule has 1 amide bonds. The third-order valence-electron chi connectivity index (χ3n) is 2.24. The fourth-order valence-corrected chi connectivity index (χ4v) is 1.95. The average molecular weight is 279 g/mol. The minimum Gasteiger partial charge on any atom is -0.398 e. The third kappa shape index (κ3) is 2.83. The van der Waals surface area contributed by atoms with Gasteiger partial charge in [0.25, 0.3) is 11.6 Å². The topological polar surface area (TPSA) is 124 Å². The van der Waals surface area contributed by atoms with Gasteiger partial charge in [-0.05, 0) is 13.0 Å². The molecule has 1 heterocycles. The summed E-state index contributed by atoms with van der Waals surface area (Å²) in [6.07, 6.45) is 0. The molecule has 0 spiro atoms. The van der Waals surface area contributed by atoms with E-state index in [2.05, 4.69) is 15.5 Å². The van der Waals surface area contributed by atoms with Crippen LogP contribution in [0.1, 0.15) is 15.4 Å². The van der Waals surface area contributed by atoms with Gasteiger partial charge in [-0.15, -0.1) is 10.2 Å². The van der Waals surface area contributed by atoms with E-state index in [1.165, 1.54) is 23.5 Å². The smallest absolute Gasteiger partial charge is 0.270 e. The summed E-state index contributed by atoms with van der Waals surface area (Å²) in [5.74, 6) is -0.558. The molecule has 0 unspecified atom stereocenters. The standard InChI is InChI=1S/C10H9N5O3S/c1-5-13-14-10(19-5)12-9(16)7-4-6(15(17)18)2-3-8(7)11/h2-4H,11H2,1H3,(H,12,14,16). The Hall–Kier alpha value is -2.55. The van der Waals surface area contributed by atoms with Gasteiger partial charge in [0.15, 0.2) is 0 Å². The SMILES string of the molecule is Cc1nnc(NC(=O)c2cc([N+](=O)[O-])ccc2N)s1. The van der Waals surface area contributed by atoms with Crippen LogP contribution in [0.25, 0.3) is 0 Å². The first-order chi connectivity index (χ1) is 8.97. The second-order valence-corrected chi connectivity index (χ2v) is 4.79. The highest BCUT2D eigenvalue weighted by Gasteiger charge is 2.16. The van der Waals surface area contributed by atoms with Gasteiger partial charge in [0, 0.05) is 17.8 Å². The number of benzene rings is 1. The van der Waals surface area contributed by atoms with Crippen molar-refractivity contribution in [1.29, 1.82) is 0 Å². The van der Waals surface area contributed by atoms with E-state index in [1.54, 1.807) is 6.92 Å². The molecule has 1 aromatic heterocycles. The summed E-state index contributed by atoms with van der Waals surface area (Å²) in [5.41, 5.74) is 5.62. The lowest BCUT2D eigenvalue weighted by Crippen LogP contribution is -2.14. The molecule has 9 heteroatoms. The van der Waals surface area contributed by atoms with Crippen molar-refractivity contribution >= 4 is 33.8 Å². The molecule has 0 aliphatic rings. The average Bonchev–Trinajstić information content (AvgIpc) is 2.74. The maximum atomic E-state index is 11.9. The molecule has 3 N–H and O–H groups in total. The van der Waals surface area contributed by atoms with Crippen LogP contribution < -0.4 is 11.1 Å². The van der Waals surface area contributed by atoms with Crippen LogP contribution in [0.2, 0.25) is 0 Å². The second-order valence-electron chi connectivity index (χ2n) is 3.61. The van der Waals surface area contributed by atoms with E-state index >= 15 is 0 Å². The minimum absolute atomic E-state index is 0.0297. The lowest BCUT2D eigenvalue weighted by molar-refractivity contribution is -0.384. The molecule has 98 valence electrons. The number of anilines is 2. The zero-order valence-electron chi connectivity index (χ0n) is 9.78. The molecule has 0 aliphatic carbocycles. The van der Waals surface area contributed by atoms with Crippen LogP contribution in [0.4, 0.5) is 16.5 Å². The number of nitrogens with zero attached hydrogens (tertiary/aromatic N) is 3. The lowest BCUT2D eigenvalue weighted by Gasteiger charge is -2.04. The van der Waals surface area contributed by atoms with Gasteiger partial charge >= 0.3 is 0 Å². The van der Waals surface area contributed by atoms with Crippen molar-refractivity contribution in [2.45, 2.75) is 6.92 Å². The van der Waals surface area contributed by atoms with Crippen molar-refractivity contribution in [3.05, 3.63) is 38.9 Å². The summed E-state index contributed by atoms with van der Waals surface area (Å²) in [4.78, 5) is 22.0. The number of hydrogen-bond donors (Lipinski definition) is 2. The van der Waals surface area contributed by atoms with E-state index in [1.807, 2.05) is 0 Å². The number of nitrogens with one attached hydrogen (secondary N) is 1. The molecule has 0 aliphatic heterocycles. The molecular formula is C10H9N5O3S. The van der Waals surface area contributed by atoms with E-state index in [-0.39, 0.29) is 16.9 Å². The molecule has 2 aromatic rings. The number of amides is 1. The Morgan fingerprint density at radius 2 is 2.21 bits per heavy atom. The van der Waals surface area contributed by atoms with Gasteiger partial charge in [-0.25, -0.2) is 0 Å². The van der Waals surface area contributed by atoms with E-state index in [4.69, 9.17) is 5.73 Å². The highest BCUT2D eigenvalue weighted by molar-refractivity contribution is 7.15. The summed E-state index contributed by atoms with van der Waals surface area (Å²) in [5, 5.41) is 21.6. The molecule has 0 radical (unpaired) electrons. The Bertz CT molecular complexity index is 654. The number of hydrogen-bond acceptors (Lipinski definition) is 7. The predicted molar refractivity (Wildman–Crippen MR) is 70.1 cm³/mol. The second kappa shape index (κ2) is 4.98. The maximum absolute atomic E-state index is 11.9. The number of aromatic nitrogens is 2. The van der Waals surface area contributed by atoms with Gasteiger partial charge < -0.3 is 5.73 Å². The highest BCUT2D eigenvalue weighted by atomic mass is 32.1. The van der Waals surface area contributed by atoms with Crippen molar-refractivity contribution in [3.8, 4) is 0 Å². The number of nitrogens with two attached hydrogens (primary N) is 1. The largest absolute Gasteiger partial charge is 0.398 e. The minimum atomic E-state index is -0.592. The van der Waals surface area contributed by atoms with E-state index in [0.717, 1.165) is 6.07 Å². The lowest BCUT2D eigenvalue weighted by atomic mass is 10.1. The fourth-order valence-electron chi connectivity index (χ4n) is 1.37. The van der Waals surface area contributed by atoms with Crippen molar-refractivity contribution in [2.24, 2.45) is 0 Å².